The van der Waals surface area contributed by atoms with Gasteiger partial charge in [0.15, 0.2) is 0 Å². The number of hydrogen-bond acceptors (Lipinski definition) is 4. The molecule has 1 aromatic rings. The van der Waals surface area contributed by atoms with E-state index in [0.29, 0.717) is 12.6 Å². The van der Waals surface area contributed by atoms with Crippen molar-refractivity contribution in [3.63, 3.8) is 0 Å². The van der Waals surface area contributed by atoms with E-state index in [0.717, 1.165) is 26.2 Å². The van der Waals surface area contributed by atoms with Crippen LogP contribution in [0.5, 0.6) is 0 Å². The van der Waals surface area contributed by atoms with Crippen molar-refractivity contribution in [3.8, 4) is 0 Å². The Labute approximate surface area is 90.5 Å². The number of nitrogens with one attached hydrogen (secondary N) is 1. The second kappa shape index (κ2) is 5.21. The van der Waals surface area contributed by atoms with Crippen LogP contribution in [0.1, 0.15) is 5.56 Å². The third kappa shape index (κ3) is 2.99. The molecule has 0 radical (unpaired) electrons. The van der Waals surface area contributed by atoms with Crippen molar-refractivity contribution in [2.45, 2.75) is 12.6 Å². The van der Waals surface area contributed by atoms with Gasteiger partial charge < -0.3 is 11.1 Å². The number of nitrogens with zero attached hydrogens (tertiary/aromatic N) is 2. The molecule has 4 nitrogen and oxygen atoms in total. The summed E-state index contributed by atoms with van der Waals surface area (Å²) in [5.41, 5.74) is 6.93. The van der Waals surface area contributed by atoms with Crippen molar-refractivity contribution < 1.29 is 0 Å². The van der Waals surface area contributed by atoms with E-state index in [9.17, 15) is 0 Å². The van der Waals surface area contributed by atoms with Gasteiger partial charge in [-0.25, -0.2) is 0 Å². The van der Waals surface area contributed by atoms with Crippen LogP contribution in [0, 0.1) is 0 Å². The fourth-order valence-corrected chi connectivity index (χ4v) is 1.95. The Balaban J connectivity index is 1.89. The topological polar surface area (TPSA) is 54.2 Å². The molecule has 2 heterocycles. The molecule has 1 aromatic heterocycles. The number of aromatic nitrogens is 1. The molecule has 2 rings (SSSR count). The summed E-state index contributed by atoms with van der Waals surface area (Å²) >= 11 is 0. The van der Waals surface area contributed by atoms with Crippen LogP contribution in [0.15, 0.2) is 24.5 Å². The summed E-state index contributed by atoms with van der Waals surface area (Å²) in [6.45, 7) is 4.84. The first-order valence-electron chi connectivity index (χ1n) is 5.43. The second-order valence-corrected chi connectivity index (χ2v) is 3.98. The molecule has 0 bridgehead atoms. The Hall–Kier alpha value is -0.970. The molecular weight excluding hydrogens is 188 g/mol. The SMILES string of the molecule is NCC1CN(Cc2cccnc2)CCN1. The molecule has 1 unspecified atom stereocenters. The van der Waals surface area contributed by atoms with E-state index in [-0.39, 0.29) is 0 Å². The minimum atomic E-state index is 0.440. The summed E-state index contributed by atoms with van der Waals surface area (Å²) < 4.78 is 0. The Kier molecular flexibility index (Phi) is 3.66. The monoisotopic (exact) mass is 206 g/mol. The number of rotatable bonds is 3. The lowest BCUT2D eigenvalue weighted by Crippen LogP contribution is -2.53. The highest BCUT2D eigenvalue weighted by atomic mass is 15.2. The molecule has 0 spiro atoms. The fourth-order valence-electron chi connectivity index (χ4n) is 1.95. The summed E-state index contributed by atoms with van der Waals surface area (Å²) in [4.78, 5) is 6.54. The standard InChI is InChI=1S/C11H18N4/c12-6-11-9-15(5-4-14-11)8-10-2-1-3-13-7-10/h1-3,7,11,14H,4-6,8-9,12H2. The van der Waals surface area contributed by atoms with Crippen LogP contribution >= 0.6 is 0 Å². The van der Waals surface area contributed by atoms with Crippen LogP contribution in [0.3, 0.4) is 0 Å². The summed E-state index contributed by atoms with van der Waals surface area (Å²) in [7, 11) is 0. The molecule has 0 amide bonds. The zero-order chi connectivity index (χ0) is 10.5. The number of piperazine rings is 1. The summed E-state index contributed by atoms with van der Waals surface area (Å²) in [5, 5.41) is 3.40. The molecule has 3 N–H and O–H groups in total. The van der Waals surface area contributed by atoms with E-state index in [1.54, 1.807) is 0 Å². The summed E-state index contributed by atoms with van der Waals surface area (Å²) in [6.07, 6.45) is 3.74. The average Bonchev–Trinajstić information content (AvgIpc) is 2.31. The average molecular weight is 206 g/mol. The third-order valence-electron chi connectivity index (χ3n) is 2.75. The van der Waals surface area contributed by atoms with Crippen LogP contribution in [-0.2, 0) is 6.54 Å². The van der Waals surface area contributed by atoms with Gasteiger partial charge in [0.25, 0.3) is 0 Å². The van der Waals surface area contributed by atoms with E-state index < -0.39 is 0 Å². The zero-order valence-corrected chi connectivity index (χ0v) is 8.89. The Morgan fingerprint density at radius 1 is 1.60 bits per heavy atom. The van der Waals surface area contributed by atoms with E-state index in [4.69, 9.17) is 5.73 Å². The predicted octanol–water partition coefficient (Wildman–Crippen LogP) is -0.186. The van der Waals surface area contributed by atoms with Gasteiger partial charge in [0, 0.05) is 51.2 Å². The molecule has 1 fully saturated rings. The van der Waals surface area contributed by atoms with Crippen molar-refractivity contribution in [2.75, 3.05) is 26.2 Å². The lowest BCUT2D eigenvalue weighted by Gasteiger charge is -2.32. The third-order valence-corrected chi connectivity index (χ3v) is 2.75. The molecule has 15 heavy (non-hydrogen) atoms. The molecule has 1 aliphatic heterocycles. The quantitative estimate of drug-likeness (QED) is 0.720. The molecule has 0 aliphatic carbocycles. The molecule has 82 valence electrons. The molecule has 1 saturated heterocycles. The molecule has 1 atom stereocenters. The molecular formula is C11H18N4. The van der Waals surface area contributed by atoms with Crippen molar-refractivity contribution >= 4 is 0 Å². The van der Waals surface area contributed by atoms with Crippen molar-refractivity contribution in [3.05, 3.63) is 30.1 Å². The van der Waals surface area contributed by atoms with Crippen molar-refractivity contribution in [1.29, 1.82) is 0 Å². The highest BCUT2D eigenvalue weighted by Gasteiger charge is 2.17. The molecule has 4 heteroatoms. The summed E-state index contributed by atoms with van der Waals surface area (Å²) in [5.74, 6) is 0. The second-order valence-electron chi connectivity index (χ2n) is 3.98. The normalized spacial score (nSPS) is 22.9. The Morgan fingerprint density at radius 3 is 3.27 bits per heavy atom. The van der Waals surface area contributed by atoms with Crippen molar-refractivity contribution in [1.82, 2.24) is 15.2 Å². The van der Waals surface area contributed by atoms with Gasteiger partial charge >= 0.3 is 0 Å². The lowest BCUT2D eigenvalue weighted by atomic mass is 10.2. The van der Waals surface area contributed by atoms with Gasteiger partial charge in [0.1, 0.15) is 0 Å². The highest BCUT2D eigenvalue weighted by molar-refractivity contribution is 5.08. The van der Waals surface area contributed by atoms with E-state index in [1.807, 2.05) is 18.5 Å². The van der Waals surface area contributed by atoms with E-state index in [1.165, 1.54) is 5.56 Å². The first kappa shape index (κ1) is 10.5. The Morgan fingerprint density at radius 2 is 2.53 bits per heavy atom. The van der Waals surface area contributed by atoms with E-state index >= 15 is 0 Å². The fraction of sp³-hybridized carbons (Fsp3) is 0.545. The van der Waals surface area contributed by atoms with Gasteiger partial charge in [-0.15, -0.1) is 0 Å². The largest absolute Gasteiger partial charge is 0.329 e. The first-order chi connectivity index (χ1) is 7.38. The van der Waals surface area contributed by atoms with Gasteiger partial charge in [-0.05, 0) is 11.6 Å². The van der Waals surface area contributed by atoms with Crippen LogP contribution < -0.4 is 11.1 Å². The van der Waals surface area contributed by atoms with Crippen LogP contribution in [0.2, 0.25) is 0 Å². The summed E-state index contributed by atoms with van der Waals surface area (Å²) in [6, 6.07) is 4.54. The molecule has 0 aromatic carbocycles. The predicted molar refractivity (Wildman–Crippen MR) is 60.4 cm³/mol. The van der Waals surface area contributed by atoms with Gasteiger partial charge in [0.05, 0.1) is 0 Å². The molecule has 0 saturated carbocycles. The number of hydrogen-bond donors (Lipinski definition) is 2. The van der Waals surface area contributed by atoms with Crippen LogP contribution in [-0.4, -0.2) is 42.1 Å². The molecule has 1 aliphatic rings. The van der Waals surface area contributed by atoms with Gasteiger partial charge in [0.2, 0.25) is 0 Å². The van der Waals surface area contributed by atoms with Crippen molar-refractivity contribution in [2.24, 2.45) is 5.73 Å². The van der Waals surface area contributed by atoms with E-state index in [2.05, 4.69) is 21.3 Å². The Bertz CT molecular complexity index is 288. The van der Waals surface area contributed by atoms with Gasteiger partial charge in [-0.1, -0.05) is 6.07 Å². The van der Waals surface area contributed by atoms with Gasteiger partial charge in [-0.3, -0.25) is 9.88 Å². The number of nitrogens with two attached hydrogens (primary N) is 1. The highest BCUT2D eigenvalue weighted by Crippen LogP contribution is 2.05. The smallest absolute Gasteiger partial charge is 0.0318 e. The zero-order valence-electron chi connectivity index (χ0n) is 8.89. The minimum Gasteiger partial charge on any atom is -0.329 e. The maximum Gasteiger partial charge on any atom is 0.0318 e. The number of pyridine rings is 1. The minimum absolute atomic E-state index is 0.440. The maximum absolute atomic E-state index is 5.66. The maximum atomic E-state index is 5.66. The van der Waals surface area contributed by atoms with Crippen LogP contribution in [0.4, 0.5) is 0 Å². The van der Waals surface area contributed by atoms with Crippen LogP contribution in [0.25, 0.3) is 0 Å². The lowest BCUT2D eigenvalue weighted by molar-refractivity contribution is 0.195. The van der Waals surface area contributed by atoms with Gasteiger partial charge in [-0.2, -0.15) is 0 Å². The first-order valence-corrected chi connectivity index (χ1v) is 5.43.